The number of carbonyl (C=O) groups excluding carboxylic acids is 1. The molecule has 2 unspecified atom stereocenters. The maximum absolute atomic E-state index is 12.5. The molecule has 0 fully saturated rings. The molecule has 1 aromatic carbocycles. The average molecular weight is 438 g/mol. The van der Waals surface area contributed by atoms with E-state index < -0.39 is 12.1 Å². The van der Waals surface area contributed by atoms with Crippen molar-refractivity contribution in [3.63, 3.8) is 0 Å². The predicted octanol–water partition coefficient (Wildman–Crippen LogP) is 4.77. The van der Waals surface area contributed by atoms with Crippen molar-refractivity contribution in [1.82, 2.24) is 4.90 Å². The first-order valence-electron chi connectivity index (χ1n) is 11.3. The van der Waals surface area contributed by atoms with Gasteiger partial charge in [-0.3, -0.25) is 0 Å². The summed E-state index contributed by atoms with van der Waals surface area (Å²) >= 11 is 0. The third-order valence-electron chi connectivity index (χ3n) is 4.96. The molecule has 1 rings (SSSR count). The summed E-state index contributed by atoms with van der Waals surface area (Å²) < 4.78 is 16.5. The van der Waals surface area contributed by atoms with Crippen LogP contribution in [0.3, 0.4) is 0 Å². The molecule has 0 aliphatic carbocycles. The smallest absolute Gasteiger partial charge is 0.410 e. The number of hydrogen-bond donors (Lipinski definition) is 1. The number of ether oxygens (including phenoxy) is 3. The Balaban J connectivity index is 2.58. The minimum atomic E-state index is -0.969. The number of carboxylic acids is 1. The number of benzene rings is 1. The molecule has 7 nitrogen and oxygen atoms in total. The fraction of sp³-hybridized carbons (Fsp3) is 0.667. The minimum Gasteiger partial charge on any atom is -0.492 e. The molecule has 0 aliphatic heterocycles. The number of carboxylic acid groups (broad SMARTS) is 1. The maximum Gasteiger partial charge on any atom is 0.410 e. The van der Waals surface area contributed by atoms with Crippen LogP contribution in [0, 0.1) is 5.92 Å². The zero-order valence-electron chi connectivity index (χ0n) is 19.6. The van der Waals surface area contributed by atoms with E-state index in [0.717, 1.165) is 24.8 Å². The molecule has 0 bridgehead atoms. The highest BCUT2D eigenvalue weighted by molar-refractivity contribution is 5.72. The third kappa shape index (κ3) is 11.1. The third-order valence-corrected chi connectivity index (χ3v) is 4.96. The molecular weight excluding hydrogens is 398 g/mol. The Morgan fingerprint density at radius 2 is 1.74 bits per heavy atom. The van der Waals surface area contributed by atoms with Gasteiger partial charge >= 0.3 is 12.1 Å². The van der Waals surface area contributed by atoms with E-state index in [4.69, 9.17) is 14.2 Å². The normalized spacial score (nSPS) is 13.0. The van der Waals surface area contributed by atoms with Crippen molar-refractivity contribution in [2.75, 3.05) is 26.3 Å². The molecule has 0 spiro atoms. The van der Waals surface area contributed by atoms with E-state index in [-0.39, 0.29) is 12.2 Å². The van der Waals surface area contributed by atoms with Crippen molar-refractivity contribution >= 4 is 12.1 Å². The zero-order chi connectivity index (χ0) is 23.2. The molecule has 0 saturated heterocycles. The quantitative estimate of drug-likeness (QED) is 0.425. The molecule has 0 radical (unpaired) electrons. The minimum absolute atomic E-state index is 0.111. The molecule has 0 aromatic heterocycles. The van der Waals surface area contributed by atoms with Gasteiger partial charge in [0.2, 0.25) is 0 Å². The SMILES string of the molecule is CCOC(Cc1ccc(OCCN(CCCC(C)C)C(=O)OC(C)CC)cc1)C(=O)O. The lowest BCUT2D eigenvalue weighted by atomic mass is 10.1. The van der Waals surface area contributed by atoms with Crippen LogP contribution in [-0.4, -0.2) is 60.6 Å². The Morgan fingerprint density at radius 1 is 1.06 bits per heavy atom. The lowest BCUT2D eigenvalue weighted by Crippen LogP contribution is -2.37. The van der Waals surface area contributed by atoms with Crippen molar-refractivity contribution in [2.24, 2.45) is 5.92 Å². The summed E-state index contributed by atoms with van der Waals surface area (Å²) in [5, 5.41) is 9.20. The van der Waals surface area contributed by atoms with Gasteiger partial charge in [-0.2, -0.15) is 0 Å². The Morgan fingerprint density at radius 3 is 2.29 bits per heavy atom. The first-order chi connectivity index (χ1) is 14.8. The van der Waals surface area contributed by atoms with E-state index in [1.807, 2.05) is 26.0 Å². The van der Waals surface area contributed by atoms with E-state index in [0.29, 0.717) is 44.4 Å². The van der Waals surface area contributed by atoms with Gasteiger partial charge in [0.1, 0.15) is 18.5 Å². The van der Waals surface area contributed by atoms with Crippen LogP contribution in [0.25, 0.3) is 0 Å². The van der Waals surface area contributed by atoms with Gasteiger partial charge in [-0.1, -0.05) is 32.9 Å². The van der Waals surface area contributed by atoms with E-state index in [1.54, 1.807) is 24.0 Å². The van der Waals surface area contributed by atoms with Crippen molar-refractivity contribution in [2.45, 2.75) is 72.5 Å². The second-order valence-corrected chi connectivity index (χ2v) is 8.10. The summed E-state index contributed by atoms with van der Waals surface area (Å²) in [4.78, 5) is 25.4. The van der Waals surface area contributed by atoms with Crippen LogP contribution in [0.4, 0.5) is 4.79 Å². The van der Waals surface area contributed by atoms with Crippen LogP contribution in [0.15, 0.2) is 24.3 Å². The van der Waals surface area contributed by atoms with Gasteiger partial charge in [0, 0.05) is 19.6 Å². The van der Waals surface area contributed by atoms with Crippen molar-refractivity contribution in [3.05, 3.63) is 29.8 Å². The van der Waals surface area contributed by atoms with Crippen LogP contribution in [0.2, 0.25) is 0 Å². The molecule has 1 aromatic rings. The number of nitrogens with zero attached hydrogens (tertiary/aromatic N) is 1. The van der Waals surface area contributed by atoms with Crippen molar-refractivity contribution in [3.8, 4) is 5.75 Å². The molecule has 7 heteroatoms. The topological polar surface area (TPSA) is 85.3 Å². The molecular formula is C24H39NO6. The van der Waals surface area contributed by atoms with Crippen molar-refractivity contribution in [1.29, 1.82) is 0 Å². The fourth-order valence-electron chi connectivity index (χ4n) is 2.94. The van der Waals surface area contributed by atoms with Crippen LogP contribution in [0.5, 0.6) is 5.75 Å². The Hall–Kier alpha value is -2.28. The molecule has 0 saturated carbocycles. The lowest BCUT2D eigenvalue weighted by molar-refractivity contribution is -0.149. The summed E-state index contributed by atoms with van der Waals surface area (Å²) in [6, 6.07) is 7.28. The summed E-state index contributed by atoms with van der Waals surface area (Å²) in [5.74, 6) is 0.291. The highest BCUT2D eigenvalue weighted by Gasteiger charge is 2.19. The van der Waals surface area contributed by atoms with Crippen LogP contribution < -0.4 is 4.74 Å². The van der Waals surface area contributed by atoms with E-state index in [9.17, 15) is 14.7 Å². The Labute approximate surface area is 186 Å². The molecule has 2 atom stereocenters. The monoisotopic (exact) mass is 437 g/mol. The summed E-state index contributed by atoms with van der Waals surface area (Å²) in [6.07, 6.45) is 1.79. The second-order valence-electron chi connectivity index (χ2n) is 8.10. The van der Waals surface area contributed by atoms with Crippen LogP contribution >= 0.6 is 0 Å². The van der Waals surface area contributed by atoms with Gasteiger partial charge in [0.05, 0.1) is 6.54 Å². The van der Waals surface area contributed by atoms with Crippen LogP contribution in [-0.2, 0) is 20.7 Å². The molecule has 1 amide bonds. The van der Waals surface area contributed by atoms with Gasteiger partial charge in [-0.15, -0.1) is 0 Å². The number of aliphatic carboxylic acids is 1. The highest BCUT2D eigenvalue weighted by Crippen LogP contribution is 2.15. The standard InChI is InChI=1S/C24H39NO6/c1-6-19(5)31-24(28)25(14-8-9-18(3)4)15-16-30-21-12-10-20(11-13-21)17-22(23(26)27)29-7-2/h10-13,18-19,22H,6-9,14-17H2,1-5H3,(H,26,27). The Bertz CT molecular complexity index is 646. The average Bonchev–Trinajstić information content (AvgIpc) is 2.72. The van der Waals surface area contributed by atoms with Crippen LogP contribution in [0.1, 0.15) is 59.4 Å². The van der Waals surface area contributed by atoms with Crippen molar-refractivity contribution < 1.29 is 28.9 Å². The van der Waals surface area contributed by atoms with Gasteiger partial charge in [0.15, 0.2) is 6.10 Å². The van der Waals surface area contributed by atoms with Gasteiger partial charge in [0.25, 0.3) is 0 Å². The molecule has 176 valence electrons. The summed E-state index contributed by atoms with van der Waals surface area (Å²) in [5.41, 5.74) is 0.862. The zero-order valence-corrected chi connectivity index (χ0v) is 19.6. The Kier molecular flexibility index (Phi) is 12.7. The van der Waals surface area contributed by atoms with Gasteiger partial charge < -0.3 is 24.2 Å². The number of rotatable bonds is 15. The number of carbonyl (C=O) groups is 2. The van der Waals surface area contributed by atoms with Gasteiger partial charge in [-0.05, 0) is 56.7 Å². The first-order valence-corrected chi connectivity index (χ1v) is 11.3. The second kappa shape index (κ2) is 14.7. The molecule has 0 heterocycles. The molecule has 31 heavy (non-hydrogen) atoms. The lowest BCUT2D eigenvalue weighted by Gasteiger charge is -2.24. The number of hydrogen-bond acceptors (Lipinski definition) is 5. The van der Waals surface area contributed by atoms with E-state index in [1.165, 1.54) is 0 Å². The predicted molar refractivity (Wildman–Crippen MR) is 121 cm³/mol. The van der Waals surface area contributed by atoms with Gasteiger partial charge in [-0.25, -0.2) is 9.59 Å². The molecule has 0 aliphatic rings. The van der Waals surface area contributed by atoms with E-state index >= 15 is 0 Å². The highest BCUT2D eigenvalue weighted by atomic mass is 16.6. The largest absolute Gasteiger partial charge is 0.492 e. The van der Waals surface area contributed by atoms with E-state index in [2.05, 4.69) is 13.8 Å². The molecule has 1 N–H and O–H groups in total. The number of amides is 1. The fourth-order valence-corrected chi connectivity index (χ4v) is 2.94. The summed E-state index contributed by atoms with van der Waals surface area (Å²) in [6.45, 7) is 11.8. The summed E-state index contributed by atoms with van der Waals surface area (Å²) in [7, 11) is 0. The first kappa shape index (κ1) is 26.8. The maximum atomic E-state index is 12.5.